The smallest absolute Gasteiger partial charge is 0.409 e. The molecule has 1 saturated heterocycles. The van der Waals surface area contributed by atoms with Crippen LogP contribution in [0, 0.1) is 11.8 Å². The van der Waals surface area contributed by atoms with Crippen molar-refractivity contribution in [3.05, 3.63) is 0 Å². The second kappa shape index (κ2) is 2.62. The van der Waals surface area contributed by atoms with Crippen molar-refractivity contribution >= 4 is 6.09 Å². The fourth-order valence-electron chi connectivity index (χ4n) is 2.23. The number of carbonyl (C=O) groups excluding carboxylic acids is 1. The predicted octanol–water partition coefficient (Wildman–Crippen LogP) is -0.0976. The molecule has 1 amide bonds. The maximum atomic E-state index is 11.1. The first-order valence-electron chi connectivity index (χ1n) is 4.27. The Hall–Kier alpha value is -0.770. The quantitative estimate of drug-likeness (QED) is 0.597. The van der Waals surface area contributed by atoms with E-state index < -0.39 is 0 Å². The Bertz CT molecular complexity index is 197. The third-order valence-corrected chi connectivity index (χ3v) is 2.96. The van der Waals surface area contributed by atoms with Crippen LogP contribution in [0.4, 0.5) is 4.79 Å². The molecule has 1 heterocycles. The van der Waals surface area contributed by atoms with Gasteiger partial charge in [-0.3, -0.25) is 0 Å². The van der Waals surface area contributed by atoms with Crippen LogP contribution in [-0.2, 0) is 4.74 Å². The van der Waals surface area contributed by atoms with Crippen molar-refractivity contribution in [2.75, 3.05) is 27.2 Å². The van der Waals surface area contributed by atoms with E-state index in [1.54, 1.807) is 4.90 Å². The van der Waals surface area contributed by atoms with Gasteiger partial charge in [-0.05, 0) is 11.8 Å². The minimum absolute atomic E-state index is 0.214. The number of rotatable bonds is 1. The molecule has 2 unspecified atom stereocenters. The third kappa shape index (κ3) is 0.982. The topological polar surface area (TPSA) is 41.6 Å². The lowest BCUT2D eigenvalue weighted by atomic mass is 10.4. The molecular formula is C8H14N2O2. The van der Waals surface area contributed by atoms with Gasteiger partial charge in [0.1, 0.15) is 0 Å². The first-order chi connectivity index (χ1) is 5.75. The van der Waals surface area contributed by atoms with Gasteiger partial charge in [-0.15, -0.1) is 0 Å². The van der Waals surface area contributed by atoms with Crippen LogP contribution in [0.25, 0.3) is 0 Å². The number of fused-ring (bicyclic) bond motifs is 1. The van der Waals surface area contributed by atoms with Gasteiger partial charge >= 0.3 is 6.09 Å². The molecule has 4 nitrogen and oxygen atoms in total. The van der Waals surface area contributed by atoms with Crippen molar-refractivity contribution in [2.45, 2.75) is 6.04 Å². The number of methoxy groups -OCH3 is 1. The van der Waals surface area contributed by atoms with Crippen LogP contribution in [0.5, 0.6) is 0 Å². The van der Waals surface area contributed by atoms with Crippen molar-refractivity contribution < 1.29 is 9.53 Å². The summed E-state index contributed by atoms with van der Waals surface area (Å²) in [7, 11) is 3.24. The summed E-state index contributed by atoms with van der Waals surface area (Å²) in [5.74, 6) is 1.35. The SMILES string of the molecule is COC(=O)N(C)C1C2CNCC21. The summed E-state index contributed by atoms with van der Waals surface area (Å²) in [6, 6.07) is 0.429. The number of nitrogens with one attached hydrogen (secondary N) is 1. The lowest BCUT2D eigenvalue weighted by molar-refractivity contribution is 0.127. The first kappa shape index (κ1) is 7.86. The van der Waals surface area contributed by atoms with E-state index in [0.29, 0.717) is 17.9 Å². The number of hydrogen-bond acceptors (Lipinski definition) is 3. The molecule has 2 fully saturated rings. The highest BCUT2D eigenvalue weighted by Crippen LogP contribution is 2.45. The highest BCUT2D eigenvalue weighted by atomic mass is 16.5. The molecule has 1 aliphatic carbocycles. The van der Waals surface area contributed by atoms with Gasteiger partial charge in [-0.1, -0.05) is 0 Å². The molecule has 0 radical (unpaired) electrons. The Morgan fingerprint density at radius 1 is 1.50 bits per heavy atom. The first-order valence-corrected chi connectivity index (χ1v) is 4.27. The van der Waals surface area contributed by atoms with E-state index in [1.807, 2.05) is 7.05 Å². The summed E-state index contributed by atoms with van der Waals surface area (Å²) in [6.07, 6.45) is -0.214. The number of piperidine rings is 1. The number of ether oxygens (including phenoxy) is 1. The monoisotopic (exact) mass is 170 g/mol. The normalized spacial score (nSPS) is 37.3. The van der Waals surface area contributed by atoms with Gasteiger partial charge in [0.15, 0.2) is 0 Å². The van der Waals surface area contributed by atoms with Crippen molar-refractivity contribution in [1.82, 2.24) is 10.2 Å². The molecule has 2 rings (SSSR count). The van der Waals surface area contributed by atoms with Crippen LogP contribution >= 0.6 is 0 Å². The van der Waals surface area contributed by atoms with E-state index in [9.17, 15) is 4.79 Å². The average molecular weight is 170 g/mol. The molecule has 0 aromatic carbocycles. The summed E-state index contributed by atoms with van der Waals surface area (Å²) in [5, 5.41) is 3.28. The fraction of sp³-hybridized carbons (Fsp3) is 0.875. The van der Waals surface area contributed by atoms with Crippen LogP contribution in [0.2, 0.25) is 0 Å². The third-order valence-electron chi connectivity index (χ3n) is 2.96. The lowest BCUT2D eigenvalue weighted by Gasteiger charge is -2.17. The van der Waals surface area contributed by atoms with Gasteiger partial charge in [0.25, 0.3) is 0 Å². The van der Waals surface area contributed by atoms with Gasteiger partial charge in [-0.2, -0.15) is 0 Å². The Morgan fingerprint density at radius 3 is 2.58 bits per heavy atom. The molecule has 68 valence electrons. The predicted molar refractivity (Wildman–Crippen MR) is 43.8 cm³/mol. The molecule has 1 N–H and O–H groups in total. The summed E-state index contributed by atoms with van der Waals surface area (Å²) in [6.45, 7) is 2.10. The van der Waals surface area contributed by atoms with Crippen molar-refractivity contribution in [1.29, 1.82) is 0 Å². The maximum absolute atomic E-state index is 11.1. The molecule has 4 heteroatoms. The van der Waals surface area contributed by atoms with Gasteiger partial charge in [0.2, 0.25) is 0 Å². The number of amides is 1. The lowest BCUT2D eigenvalue weighted by Crippen LogP contribution is -2.34. The van der Waals surface area contributed by atoms with Crippen LogP contribution in [0.1, 0.15) is 0 Å². The second-order valence-electron chi connectivity index (χ2n) is 3.56. The molecule has 0 aromatic rings. The minimum atomic E-state index is -0.214. The average Bonchev–Trinajstić information content (AvgIpc) is 2.56. The molecule has 2 aliphatic rings. The standard InChI is InChI=1S/C8H14N2O2/c1-10(8(11)12-2)7-5-3-9-4-6(5)7/h5-7,9H,3-4H2,1-2H3. The van der Waals surface area contributed by atoms with Crippen LogP contribution in [0.15, 0.2) is 0 Å². The second-order valence-corrected chi connectivity index (χ2v) is 3.56. The van der Waals surface area contributed by atoms with Crippen LogP contribution < -0.4 is 5.32 Å². The Labute approximate surface area is 71.9 Å². The van der Waals surface area contributed by atoms with Crippen molar-refractivity contribution in [3.8, 4) is 0 Å². The highest BCUT2D eigenvalue weighted by Gasteiger charge is 2.56. The van der Waals surface area contributed by atoms with E-state index in [4.69, 9.17) is 0 Å². The number of hydrogen-bond donors (Lipinski definition) is 1. The van der Waals surface area contributed by atoms with Gasteiger partial charge in [0.05, 0.1) is 7.11 Å². The van der Waals surface area contributed by atoms with E-state index >= 15 is 0 Å². The Morgan fingerprint density at radius 2 is 2.08 bits per heavy atom. The van der Waals surface area contributed by atoms with Gasteiger partial charge in [-0.25, -0.2) is 4.79 Å². The number of carbonyl (C=O) groups is 1. The van der Waals surface area contributed by atoms with Crippen LogP contribution in [-0.4, -0.2) is 44.3 Å². The summed E-state index contributed by atoms with van der Waals surface area (Å²) in [5.41, 5.74) is 0. The van der Waals surface area contributed by atoms with E-state index in [-0.39, 0.29) is 6.09 Å². The van der Waals surface area contributed by atoms with Gasteiger partial charge in [0, 0.05) is 26.2 Å². The molecule has 0 bridgehead atoms. The molecule has 0 spiro atoms. The molecule has 12 heavy (non-hydrogen) atoms. The largest absolute Gasteiger partial charge is 0.453 e. The Kier molecular flexibility index (Phi) is 1.72. The van der Waals surface area contributed by atoms with Crippen molar-refractivity contribution in [3.63, 3.8) is 0 Å². The molecule has 2 atom stereocenters. The summed E-state index contributed by atoms with van der Waals surface area (Å²) >= 11 is 0. The number of nitrogens with zero attached hydrogens (tertiary/aromatic N) is 1. The fourth-order valence-corrected chi connectivity index (χ4v) is 2.23. The Balaban J connectivity index is 1.91. The maximum Gasteiger partial charge on any atom is 0.409 e. The van der Waals surface area contributed by atoms with Crippen LogP contribution in [0.3, 0.4) is 0 Å². The molecule has 1 saturated carbocycles. The highest BCUT2D eigenvalue weighted by molar-refractivity contribution is 5.68. The zero-order valence-electron chi connectivity index (χ0n) is 7.41. The minimum Gasteiger partial charge on any atom is -0.453 e. The molecular weight excluding hydrogens is 156 g/mol. The zero-order valence-corrected chi connectivity index (χ0v) is 7.41. The van der Waals surface area contributed by atoms with Crippen molar-refractivity contribution in [2.24, 2.45) is 11.8 Å². The van der Waals surface area contributed by atoms with E-state index in [1.165, 1.54) is 7.11 Å². The summed E-state index contributed by atoms with van der Waals surface area (Å²) < 4.78 is 4.65. The molecule has 0 aromatic heterocycles. The summed E-state index contributed by atoms with van der Waals surface area (Å²) in [4.78, 5) is 12.8. The zero-order chi connectivity index (χ0) is 8.72. The van der Waals surface area contributed by atoms with E-state index in [0.717, 1.165) is 13.1 Å². The molecule has 1 aliphatic heterocycles. The van der Waals surface area contributed by atoms with E-state index in [2.05, 4.69) is 10.1 Å². The van der Waals surface area contributed by atoms with Gasteiger partial charge < -0.3 is 15.0 Å².